The Morgan fingerprint density at radius 3 is 2.83 bits per heavy atom. The second kappa shape index (κ2) is 5.27. The second-order valence-corrected chi connectivity index (χ2v) is 7.44. The van der Waals surface area contributed by atoms with Gasteiger partial charge in [0.25, 0.3) is 0 Å². The van der Waals surface area contributed by atoms with Gasteiger partial charge in [0.05, 0.1) is 10.7 Å². The van der Waals surface area contributed by atoms with Gasteiger partial charge in [-0.2, -0.15) is 0 Å². The number of aryl methyl sites for hydroxylation is 1. The maximum Gasteiger partial charge on any atom is 0.0974 e. The van der Waals surface area contributed by atoms with E-state index in [1.165, 1.54) is 35.0 Å². The molecular formula is C14H25N3S. The molecule has 102 valence electrons. The summed E-state index contributed by atoms with van der Waals surface area (Å²) < 4.78 is 0. The molecule has 1 aliphatic heterocycles. The number of hydrogen-bond donors (Lipinski definition) is 1. The average molecular weight is 267 g/mol. The van der Waals surface area contributed by atoms with Crippen molar-refractivity contribution < 1.29 is 0 Å². The van der Waals surface area contributed by atoms with E-state index in [0.29, 0.717) is 5.92 Å². The molecule has 0 radical (unpaired) electrons. The number of hydrogen-bond acceptors (Lipinski definition) is 4. The highest BCUT2D eigenvalue weighted by Crippen LogP contribution is 2.32. The Labute approximate surface area is 114 Å². The largest absolute Gasteiger partial charge is 0.325 e. The lowest BCUT2D eigenvalue weighted by Crippen LogP contribution is -2.34. The van der Waals surface area contributed by atoms with Crippen molar-refractivity contribution in [1.82, 2.24) is 9.88 Å². The van der Waals surface area contributed by atoms with Crippen LogP contribution in [0.25, 0.3) is 0 Å². The van der Waals surface area contributed by atoms with Gasteiger partial charge < -0.3 is 10.6 Å². The van der Waals surface area contributed by atoms with E-state index < -0.39 is 0 Å². The molecule has 0 bridgehead atoms. The SMILES string of the molecule is Cc1nc(C2CCCN(C)C2)sc1CC(C)(C)N. The Morgan fingerprint density at radius 1 is 1.50 bits per heavy atom. The summed E-state index contributed by atoms with van der Waals surface area (Å²) in [4.78, 5) is 8.57. The number of likely N-dealkylation sites (tertiary alicyclic amines) is 1. The molecule has 0 spiro atoms. The van der Waals surface area contributed by atoms with Gasteiger partial charge in [-0.1, -0.05) is 0 Å². The van der Waals surface area contributed by atoms with Crippen molar-refractivity contribution in [1.29, 1.82) is 0 Å². The van der Waals surface area contributed by atoms with Crippen molar-refractivity contribution >= 4 is 11.3 Å². The topological polar surface area (TPSA) is 42.2 Å². The van der Waals surface area contributed by atoms with Crippen molar-refractivity contribution in [3.05, 3.63) is 15.6 Å². The van der Waals surface area contributed by atoms with Crippen LogP contribution >= 0.6 is 11.3 Å². The fourth-order valence-electron chi connectivity index (χ4n) is 2.57. The highest BCUT2D eigenvalue weighted by atomic mass is 32.1. The van der Waals surface area contributed by atoms with E-state index in [4.69, 9.17) is 10.7 Å². The molecule has 18 heavy (non-hydrogen) atoms. The van der Waals surface area contributed by atoms with E-state index in [9.17, 15) is 0 Å². The smallest absolute Gasteiger partial charge is 0.0974 e. The minimum Gasteiger partial charge on any atom is -0.325 e. The molecule has 0 amide bonds. The summed E-state index contributed by atoms with van der Waals surface area (Å²) in [7, 11) is 2.20. The predicted octanol–water partition coefficient (Wildman–Crippen LogP) is 2.54. The molecule has 1 aliphatic rings. The third-order valence-electron chi connectivity index (χ3n) is 3.50. The maximum absolute atomic E-state index is 6.12. The molecule has 1 aromatic heterocycles. The molecule has 1 atom stereocenters. The van der Waals surface area contributed by atoms with Crippen LogP contribution < -0.4 is 5.73 Å². The molecule has 1 unspecified atom stereocenters. The van der Waals surface area contributed by atoms with E-state index in [0.717, 1.165) is 13.0 Å². The summed E-state index contributed by atoms with van der Waals surface area (Å²) in [5.74, 6) is 0.627. The van der Waals surface area contributed by atoms with Crippen molar-refractivity contribution in [2.45, 2.75) is 51.5 Å². The van der Waals surface area contributed by atoms with Crippen LogP contribution in [0.4, 0.5) is 0 Å². The highest BCUT2D eigenvalue weighted by molar-refractivity contribution is 7.11. The fraction of sp³-hybridized carbons (Fsp3) is 0.786. The first-order chi connectivity index (χ1) is 8.35. The molecule has 4 heteroatoms. The second-order valence-electron chi connectivity index (χ2n) is 6.33. The van der Waals surface area contributed by atoms with Gasteiger partial charge in [-0.05, 0) is 47.2 Å². The Morgan fingerprint density at radius 2 is 2.22 bits per heavy atom. The highest BCUT2D eigenvalue weighted by Gasteiger charge is 2.24. The van der Waals surface area contributed by atoms with Gasteiger partial charge >= 0.3 is 0 Å². The summed E-state index contributed by atoms with van der Waals surface area (Å²) in [6.45, 7) is 8.66. The van der Waals surface area contributed by atoms with Gasteiger partial charge in [-0.25, -0.2) is 4.98 Å². The zero-order valence-electron chi connectivity index (χ0n) is 12.0. The van der Waals surface area contributed by atoms with Gasteiger partial charge in [0.1, 0.15) is 0 Å². The van der Waals surface area contributed by atoms with Crippen LogP contribution in [-0.4, -0.2) is 35.6 Å². The molecule has 1 saturated heterocycles. The first-order valence-electron chi connectivity index (χ1n) is 6.79. The van der Waals surface area contributed by atoms with E-state index >= 15 is 0 Å². The molecule has 0 saturated carbocycles. The first kappa shape index (κ1) is 14.0. The third kappa shape index (κ3) is 3.53. The zero-order valence-corrected chi connectivity index (χ0v) is 12.8. The molecule has 2 rings (SSSR count). The lowest BCUT2D eigenvalue weighted by molar-refractivity contribution is 0.250. The van der Waals surface area contributed by atoms with Crippen LogP contribution in [0.15, 0.2) is 0 Å². The number of likely N-dealkylation sites (N-methyl/N-ethyl adjacent to an activating group) is 1. The number of nitrogens with two attached hydrogens (primary N) is 1. The number of rotatable bonds is 3. The van der Waals surface area contributed by atoms with Crippen molar-refractivity contribution in [3.63, 3.8) is 0 Å². The summed E-state index contributed by atoms with van der Waals surface area (Å²) in [5, 5.41) is 1.32. The van der Waals surface area contributed by atoms with E-state index in [1.807, 2.05) is 11.3 Å². The summed E-state index contributed by atoms with van der Waals surface area (Å²) >= 11 is 1.88. The molecule has 1 aromatic rings. The van der Waals surface area contributed by atoms with E-state index in [1.54, 1.807) is 0 Å². The molecule has 0 aromatic carbocycles. The van der Waals surface area contributed by atoms with Gasteiger partial charge in [-0.3, -0.25) is 0 Å². The van der Waals surface area contributed by atoms with Crippen LogP contribution in [0, 0.1) is 6.92 Å². The Balaban J connectivity index is 2.13. The number of piperidine rings is 1. The normalized spacial score (nSPS) is 22.4. The minimum absolute atomic E-state index is 0.141. The van der Waals surface area contributed by atoms with Crippen molar-refractivity contribution in [3.8, 4) is 0 Å². The van der Waals surface area contributed by atoms with Crippen LogP contribution in [0.1, 0.15) is 48.2 Å². The molecule has 2 heterocycles. The lowest BCUT2D eigenvalue weighted by atomic mass is 9.99. The number of thiazole rings is 1. The number of aromatic nitrogens is 1. The minimum atomic E-state index is -0.141. The molecular weight excluding hydrogens is 242 g/mol. The molecule has 3 nitrogen and oxygen atoms in total. The Bertz CT molecular complexity index is 406. The summed E-state index contributed by atoms with van der Waals surface area (Å²) in [5.41, 5.74) is 7.16. The lowest BCUT2D eigenvalue weighted by Gasteiger charge is -2.28. The van der Waals surface area contributed by atoms with Crippen LogP contribution in [-0.2, 0) is 6.42 Å². The first-order valence-corrected chi connectivity index (χ1v) is 7.60. The van der Waals surface area contributed by atoms with Gasteiger partial charge in [-0.15, -0.1) is 11.3 Å². The molecule has 1 fully saturated rings. The van der Waals surface area contributed by atoms with Gasteiger partial charge in [0.15, 0.2) is 0 Å². The predicted molar refractivity (Wildman–Crippen MR) is 78.3 cm³/mol. The van der Waals surface area contributed by atoms with Gasteiger partial charge in [0.2, 0.25) is 0 Å². The van der Waals surface area contributed by atoms with Crippen LogP contribution in [0.2, 0.25) is 0 Å². The Hall–Kier alpha value is -0.450. The summed E-state index contributed by atoms with van der Waals surface area (Å²) in [6, 6.07) is 0. The van der Waals surface area contributed by atoms with Crippen LogP contribution in [0.5, 0.6) is 0 Å². The maximum atomic E-state index is 6.12. The molecule has 0 aliphatic carbocycles. The average Bonchev–Trinajstić information content (AvgIpc) is 2.58. The zero-order chi connectivity index (χ0) is 13.3. The quantitative estimate of drug-likeness (QED) is 0.915. The van der Waals surface area contributed by atoms with Crippen molar-refractivity contribution in [2.75, 3.05) is 20.1 Å². The third-order valence-corrected chi connectivity index (χ3v) is 4.82. The van der Waals surface area contributed by atoms with E-state index in [2.05, 4.69) is 32.7 Å². The van der Waals surface area contributed by atoms with Gasteiger partial charge in [0, 0.05) is 29.3 Å². The summed E-state index contributed by atoms with van der Waals surface area (Å²) in [6.07, 6.45) is 3.50. The van der Waals surface area contributed by atoms with Crippen LogP contribution in [0.3, 0.4) is 0 Å². The molecule has 2 N–H and O–H groups in total. The fourth-order valence-corrected chi connectivity index (χ4v) is 4.00. The standard InChI is InChI=1S/C14H25N3S/c1-10-12(8-14(2,3)15)18-13(16-10)11-6-5-7-17(4)9-11/h11H,5-9,15H2,1-4H3. The van der Waals surface area contributed by atoms with E-state index in [-0.39, 0.29) is 5.54 Å². The number of nitrogens with zero attached hydrogens (tertiary/aromatic N) is 2. The van der Waals surface area contributed by atoms with Crippen molar-refractivity contribution in [2.24, 2.45) is 5.73 Å². The Kier molecular flexibility index (Phi) is 4.09. The monoisotopic (exact) mass is 267 g/mol.